The molecule has 4 rings (SSSR count). The molecule has 0 fully saturated rings. The third kappa shape index (κ3) is 2.34. The van der Waals surface area contributed by atoms with Gasteiger partial charge in [-0.1, -0.05) is 0 Å². The van der Waals surface area contributed by atoms with Crippen LogP contribution in [-0.2, 0) is 23.2 Å². The van der Waals surface area contributed by atoms with Crippen molar-refractivity contribution in [2.75, 3.05) is 0 Å². The zero-order valence-corrected chi connectivity index (χ0v) is 14.5. The normalized spacial score (nSPS) is 18.6. The van der Waals surface area contributed by atoms with Gasteiger partial charge in [0, 0.05) is 0 Å². The van der Waals surface area contributed by atoms with Crippen LogP contribution < -0.4 is 3.27 Å². The van der Waals surface area contributed by atoms with Gasteiger partial charge in [0.2, 0.25) is 0 Å². The van der Waals surface area contributed by atoms with Crippen molar-refractivity contribution >= 4 is 6.55 Å². The monoisotopic (exact) mass is 346 g/mol. The molecule has 1 heteroatoms. The maximum absolute atomic E-state index is 2.39. The van der Waals surface area contributed by atoms with E-state index in [1.165, 1.54) is 16.7 Å². The molecular weight excluding hydrogens is 331 g/mol. The standard InChI is InChI=1S/C14H11.C6H5.Zr/c1-10-6-7-14-12(8-10)9-11-4-2-3-5-13(11)14;1-2-4-6-5-3-1;/h2-8,13H,1H3;1-5H;. The molecule has 100 valence electrons. The summed E-state index contributed by atoms with van der Waals surface area (Å²) >= 11 is -0.755. The molecule has 0 aromatic heterocycles. The summed E-state index contributed by atoms with van der Waals surface area (Å²) in [6.45, 7) is 2.20. The van der Waals surface area contributed by atoms with Gasteiger partial charge in [-0.2, -0.15) is 0 Å². The van der Waals surface area contributed by atoms with Gasteiger partial charge < -0.3 is 0 Å². The molecule has 2 aromatic carbocycles. The second-order valence-electron chi connectivity index (χ2n) is 5.63. The average molecular weight is 348 g/mol. The molecule has 0 heterocycles. The summed E-state index contributed by atoms with van der Waals surface area (Å²) in [5.74, 6) is 0.491. The quantitative estimate of drug-likeness (QED) is 0.758. The molecule has 0 saturated carbocycles. The van der Waals surface area contributed by atoms with E-state index in [9.17, 15) is 0 Å². The summed E-state index contributed by atoms with van der Waals surface area (Å²) in [6.07, 6.45) is 9.06. The van der Waals surface area contributed by atoms with Crippen molar-refractivity contribution in [3.05, 3.63) is 95.1 Å². The Labute approximate surface area is 137 Å². The Kier molecular flexibility index (Phi) is 3.39. The number of hydrogen-bond acceptors (Lipinski definition) is 0. The third-order valence-corrected chi connectivity index (χ3v) is 7.69. The van der Waals surface area contributed by atoms with E-state index in [0.29, 0.717) is 5.92 Å². The van der Waals surface area contributed by atoms with Gasteiger partial charge in [-0.15, -0.1) is 0 Å². The van der Waals surface area contributed by atoms with Gasteiger partial charge in [-0.3, -0.25) is 0 Å². The molecule has 2 aliphatic carbocycles. The van der Waals surface area contributed by atoms with E-state index in [-0.39, 0.29) is 0 Å². The zero-order valence-electron chi connectivity index (χ0n) is 12.0. The van der Waals surface area contributed by atoms with Gasteiger partial charge in [0.15, 0.2) is 0 Å². The van der Waals surface area contributed by atoms with Gasteiger partial charge in [-0.05, 0) is 0 Å². The van der Waals surface area contributed by atoms with Crippen molar-refractivity contribution in [1.29, 1.82) is 0 Å². The summed E-state index contributed by atoms with van der Waals surface area (Å²) in [6, 6.07) is 18.0. The summed E-state index contributed by atoms with van der Waals surface area (Å²) in [5, 5.41) is 0. The molecular formula is C20H16Zr. The van der Waals surface area contributed by atoms with Crippen molar-refractivity contribution in [1.82, 2.24) is 0 Å². The minimum atomic E-state index is -0.755. The summed E-state index contributed by atoms with van der Waals surface area (Å²) in [5.41, 5.74) is 5.93. The second-order valence-corrected chi connectivity index (χ2v) is 8.90. The molecule has 0 bridgehead atoms. The van der Waals surface area contributed by atoms with E-state index in [1.807, 2.05) is 0 Å². The van der Waals surface area contributed by atoms with Gasteiger partial charge in [0.1, 0.15) is 0 Å². The van der Waals surface area contributed by atoms with Crippen LogP contribution in [-0.4, -0.2) is 0 Å². The molecule has 21 heavy (non-hydrogen) atoms. The average Bonchev–Trinajstić information content (AvgIpc) is 2.82. The number of fused-ring (bicyclic) bond motifs is 3. The molecule has 0 nitrogen and oxygen atoms in total. The van der Waals surface area contributed by atoms with E-state index in [1.54, 1.807) is 12.1 Å². The van der Waals surface area contributed by atoms with Crippen molar-refractivity contribution < 1.29 is 23.2 Å². The molecule has 0 spiro atoms. The van der Waals surface area contributed by atoms with Gasteiger partial charge in [0.05, 0.1) is 0 Å². The van der Waals surface area contributed by atoms with Crippen LogP contribution in [0.2, 0.25) is 0 Å². The fourth-order valence-electron chi connectivity index (χ4n) is 3.17. The molecule has 0 radical (unpaired) electrons. The van der Waals surface area contributed by atoms with Crippen LogP contribution in [0.4, 0.5) is 0 Å². The van der Waals surface area contributed by atoms with Crippen LogP contribution in [0.1, 0.15) is 22.6 Å². The van der Waals surface area contributed by atoms with Gasteiger partial charge in [0.25, 0.3) is 0 Å². The number of hydrogen-bond donors (Lipinski definition) is 0. The first-order chi connectivity index (χ1) is 10.3. The van der Waals surface area contributed by atoms with Crippen molar-refractivity contribution in [3.63, 3.8) is 0 Å². The Balaban J connectivity index is 1.85. The number of allylic oxidation sites excluding steroid dienone is 5. The predicted octanol–water partition coefficient (Wildman–Crippen LogP) is 4.34. The second kappa shape index (κ2) is 5.39. The van der Waals surface area contributed by atoms with E-state index in [4.69, 9.17) is 0 Å². The first-order valence-corrected chi connectivity index (χ1v) is 9.81. The van der Waals surface area contributed by atoms with E-state index in [2.05, 4.69) is 79.8 Å². The summed E-state index contributed by atoms with van der Waals surface area (Å²) in [7, 11) is 0. The maximum atomic E-state index is 2.39. The summed E-state index contributed by atoms with van der Waals surface area (Å²) in [4.78, 5) is 0. The molecule has 0 saturated heterocycles. The van der Waals surface area contributed by atoms with Crippen LogP contribution in [0.15, 0.2) is 78.4 Å². The molecule has 2 aliphatic rings. The van der Waals surface area contributed by atoms with Crippen molar-refractivity contribution in [2.45, 2.75) is 12.8 Å². The number of rotatable bonds is 2. The fourth-order valence-corrected chi connectivity index (χ4v) is 6.57. The topological polar surface area (TPSA) is 0 Å². The third-order valence-electron chi connectivity index (χ3n) is 4.17. The Bertz CT molecular complexity index is 779. The SMILES string of the molecule is Cc1ccc2c(c1)[C]([Zr][c]1ccccc1)=C1C=CC=CC12. The minimum absolute atomic E-state index is 0.491. The van der Waals surface area contributed by atoms with Gasteiger partial charge in [-0.25, -0.2) is 0 Å². The van der Waals surface area contributed by atoms with Crippen LogP contribution >= 0.6 is 0 Å². The van der Waals surface area contributed by atoms with Crippen LogP contribution in [0.25, 0.3) is 3.28 Å². The Morgan fingerprint density at radius 2 is 1.81 bits per heavy atom. The molecule has 2 aromatic rings. The van der Waals surface area contributed by atoms with Crippen molar-refractivity contribution in [2.24, 2.45) is 0 Å². The van der Waals surface area contributed by atoms with Crippen LogP contribution in [0.3, 0.4) is 0 Å². The zero-order chi connectivity index (χ0) is 14.2. The van der Waals surface area contributed by atoms with Crippen molar-refractivity contribution in [3.8, 4) is 0 Å². The van der Waals surface area contributed by atoms with Crippen LogP contribution in [0.5, 0.6) is 0 Å². The predicted molar refractivity (Wildman–Crippen MR) is 85.2 cm³/mol. The first-order valence-electron chi connectivity index (χ1n) is 7.35. The molecule has 1 atom stereocenters. The number of aryl methyl sites for hydroxylation is 1. The molecule has 1 unspecified atom stereocenters. The Morgan fingerprint density at radius 3 is 2.67 bits per heavy atom. The molecule has 0 aliphatic heterocycles. The molecule has 0 amide bonds. The molecule has 0 N–H and O–H groups in total. The van der Waals surface area contributed by atoms with E-state index in [0.717, 1.165) is 0 Å². The number of benzene rings is 2. The van der Waals surface area contributed by atoms with Gasteiger partial charge >= 0.3 is 138 Å². The van der Waals surface area contributed by atoms with E-state index >= 15 is 0 Å². The van der Waals surface area contributed by atoms with Crippen LogP contribution in [0, 0.1) is 6.92 Å². The first kappa shape index (κ1) is 13.2. The van der Waals surface area contributed by atoms with E-state index < -0.39 is 23.2 Å². The Hall–Kier alpha value is -1.46. The fraction of sp³-hybridized carbons (Fsp3) is 0.100. The Morgan fingerprint density at radius 1 is 0.952 bits per heavy atom. The summed E-state index contributed by atoms with van der Waals surface area (Å²) < 4.78 is 3.22.